The van der Waals surface area contributed by atoms with Gasteiger partial charge in [-0.2, -0.15) is 0 Å². The third-order valence-electron chi connectivity index (χ3n) is 3.50. The molecule has 2 aromatic carbocycles. The molecule has 1 aromatic heterocycles. The van der Waals surface area contributed by atoms with Crippen LogP contribution >= 0.6 is 15.9 Å². The van der Waals surface area contributed by atoms with Gasteiger partial charge in [0.05, 0.1) is 11.9 Å². The molecule has 0 aliphatic heterocycles. The van der Waals surface area contributed by atoms with Crippen LogP contribution in [0.1, 0.15) is 5.56 Å². The average molecular weight is 360 g/mol. The first-order valence-corrected chi connectivity index (χ1v) is 7.69. The summed E-state index contributed by atoms with van der Waals surface area (Å²) < 4.78 is 16.6. The molecule has 0 aliphatic rings. The minimum absolute atomic E-state index is 0.229. The minimum Gasteiger partial charge on any atom is -0.351 e. The van der Waals surface area contributed by atoms with Gasteiger partial charge in [-0.1, -0.05) is 46.3 Å². The van der Waals surface area contributed by atoms with Gasteiger partial charge >= 0.3 is 0 Å². The molecular formula is C17H15BrFN3. The molecule has 3 aromatic rings. The second-order valence-corrected chi connectivity index (χ2v) is 5.90. The number of hydrogen-bond acceptors (Lipinski definition) is 2. The Morgan fingerprint density at radius 2 is 1.95 bits per heavy atom. The van der Waals surface area contributed by atoms with Gasteiger partial charge in [0.2, 0.25) is 5.95 Å². The predicted octanol–water partition coefficient (Wildman–Crippen LogP) is 4.60. The van der Waals surface area contributed by atoms with E-state index in [0.29, 0.717) is 18.1 Å². The third kappa shape index (κ3) is 3.04. The van der Waals surface area contributed by atoms with E-state index < -0.39 is 0 Å². The van der Waals surface area contributed by atoms with Gasteiger partial charge in [-0.3, -0.25) is 0 Å². The van der Waals surface area contributed by atoms with E-state index in [1.165, 1.54) is 6.07 Å². The quantitative estimate of drug-likeness (QED) is 0.737. The first kappa shape index (κ1) is 14.8. The number of rotatable bonds is 4. The summed E-state index contributed by atoms with van der Waals surface area (Å²) in [6.45, 7) is 0.379. The van der Waals surface area contributed by atoms with Crippen LogP contribution in [0.5, 0.6) is 0 Å². The molecule has 0 saturated carbocycles. The van der Waals surface area contributed by atoms with Crippen LogP contribution in [0.25, 0.3) is 11.3 Å². The van der Waals surface area contributed by atoms with E-state index in [4.69, 9.17) is 0 Å². The maximum absolute atomic E-state index is 13.8. The molecule has 0 fully saturated rings. The summed E-state index contributed by atoms with van der Waals surface area (Å²) >= 11 is 3.36. The summed E-state index contributed by atoms with van der Waals surface area (Å²) in [4.78, 5) is 4.38. The van der Waals surface area contributed by atoms with Gasteiger partial charge in [-0.15, -0.1) is 0 Å². The Kier molecular flexibility index (Phi) is 4.24. The zero-order valence-corrected chi connectivity index (χ0v) is 13.6. The molecule has 0 aliphatic carbocycles. The first-order valence-electron chi connectivity index (χ1n) is 6.90. The van der Waals surface area contributed by atoms with Gasteiger partial charge in [0.15, 0.2) is 0 Å². The molecule has 0 unspecified atom stereocenters. The Bertz CT molecular complexity index is 784. The van der Waals surface area contributed by atoms with Crippen molar-refractivity contribution in [2.45, 2.75) is 6.54 Å². The molecule has 0 atom stereocenters. The van der Waals surface area contributed by atoms with Crippen LogP contribution in [0.2, 0.25) is 0 Å². The lowest BCUT2D eigenvalue weighted by molar-refractivity contribution is 0.612. The summed E-state index contributed by atoms with van der Waals surface area (Å²) in [5.41, 5.74) is 2.70. The molecule has 5 heteroatoms. The number of nitrogens with one attached hydrogen (secondary N) is 1. The highest BCUT2D eigenvalue weighted by Crippen LogP contribution is 2.22. The van der Waals surface area contributed by atoms with E-state index in [-0.39, 0.29) is 5.82 Å². The number of aromatic nitrogens is 2. The second kappa shape index (κ2) is 6.32. The van der Waals surface area contributed by atoms with Gasteiger partial charge in [0, 0.05) is 23.6 Å². The maximum Gasteiger partial charge on any atom is 0.203 e. The van der Waals surface area contributed by atoms with Crippen molar-refractivity contribution in [1.29, 1.82) is 0 Å². The van der Waals surface area contributed by atoms with Gasteiger partial charge in [-0.05, 0) is 23.8 Å². The molecule has 0 bridgehead atoms. The Morgan fingerprint density at radius 3 is 2.73 bits per heavy atom. The van der Waals surface area contributed by atoms with Crippen LogP contribution < -0.4 is 5.32 Å². The standard InChI is InChI=1S/C17H15BrFN3/c1-22-16(12-5-3-2-4-6-12)11-21-17(22)20-10-13-9-14(18)7-8-15(13)19/h2-9,11H,10H2,1H3,(H,20,21). The van der Waals surface area contributed by atoms with E-state index in [9.17, 15) is 4.39 Å². The number of halogens is 2. The van der Waals surface area contributed by atoms with E-state index in [2.05, 4.69) is 26.2 Å². The summed E-state index contributed by atoms with van der Waals surface area (Å²) in [5.74, 6) is 0.478. The lowest BCUT2D eigenvalue weighted by Crippen LogP contribution is -2.07. The van der Waals surface area contributed by atoms with Gasteiger partial charge in [-0.25, -0.2) is 9.37 Å². The van der Waals surface area contributed by atoms with Crippen LogP contribution in [-0.4, -0.2) is 9.55 Å². The summed E-state index contributed by atoms with van der Waals surface area (Å²) in [5, 5.41) is 3.18. The largest absolute Gasteiger partial charge is 0.351 e. The molecule has 0 spiro atoms. The van der Waals surface area contributed by atoms with Crippen molar-refractivity contribution in [1.82, 2.24) is 9.55 Å². The van der Waals surface area contributed by atoms with Crippen molar-refractivity contribution in [3.63, 3.8) is 0 Å². The van der Waals surface area contributed by atoms with Crippen molar-refractivity contribution < 1.29 is 4.39 Å². The number of imidazole rings is 1. The first-order chi connectivity index (χ1) is 10.6. The SMILES string of the molecule is Cn1c(-c2ccccc2)cnc1NCc1cc(Br)ccc1F. The van der Waals surface area contributed by atoms with Gasteiger partial charge < -0.3 is 9.88 Å². The minimum atomic E-state index is -0.229. The molecule has 3 rings (SSSR count). The fourth-order valence-electron chi connectivity index (χ4n) is 2.30. The lowest BCUT2D eigenvalue weighted by Gasteiger charge is -2.09. The fraction of sp³-hybridized carbons (Fsp3) is 0.118. The van der Waals surface area contributed by atoms with E-state index in [1.807, 2.05) is 48.1 Å². The Balaban J connectivity index is 1.80. The Hall–Kier alpha value is -2.14. The van der Waals surface area contributed by atoms with Crippen LogP contribution in [0, 0.1) is 5.82 Å². The highest BCUT2D eigenvalue weighted by atomic mass is 79.9. The normalized spacial score (nSPS) is 10.7. The molecule has 1 N–H and O–H groups in total. The van der Waals surface area contributed by atoms with Crippen LogP contribution in [0.3, 0.4) is 0 Å². The molecular weight excluding hydrogens is 345 g/mol. The van der Waals surface area contributed by atoms with Crippen molar-refractivity contribution in [3.05, 3.63) is 70.6 Å². The zero-order chi connectivity index (χ0) is 15.5. The summed E-state index contributed by atoms with van der Waals surface area (Å²) in [6, 6.07) is 14.9. The van der Waals surface area contributed by atoms with Crippen molar-refractivity contribution in [2.75, 3.05) is 5.32 Å². The highest BCUT2D eigenvalue weighted by Gasteiger charge is 2.09. The smallest absolute Gasteiger partial charge is 0.203 e. The van der Waals surface area contributed by atoms with Crippen LogP contribution in [-0.2, 0) is 13.6 Å². The monoisotopic (exact) mass is 359 g/mol. The van der Waals surface area contributed by atoms with Crippen LogP contribution in [0.15, 0.2) is 59.2 Å². The number of nitrogens with zero attached hydrogens (tertiary/aromatic N) is 2. The van der Waals surface area contributed by atoms with E-state index >= 15 is 0 Å². The summed E-state index contributed by atoms with van der Waals surface area (Å²) in [7, 11) is 1.94. The summed E-state index contributed by atoms with van der Waals surface area (Å²) in [6.07, 6.45) is 1.81. The lowest BCUT2D eigenvalue weighted by atomic mass is 10.2. The van der Waals surface area contributed by atoms with Crippen LogP contribution in [0.4, 0.5) is 10.3 Å². The van der Waals surface area contributed by atoms with Gasteiger partial charge in [0.25, 0.3) is 0 Å². The van der Waals surface area contributed by atoms with Crippen molar-refractivity contribution >= 4 is 21.9 Å². The molecule has 22 heavy (non-hydrogen) atoms. The molecule has 0 radical (unpaired) electrons. The van der Waals surface area contributed by atoms with E-state index in [0.717, 1.165) is 15.7 Å². The maximum atomic E-state index is 13.8. The van der Waals surface area contributed by atoms with Crippen molar-refractivity contribution in [2.24, 2.45) is 7.05 Å². The molecule has 0 amide bonds. The molecule has 1 heterocycles. The fourth-order valence-corrected chi connectivity index (χ4v) is 2.71. The average Bonchev–Trinajstić information content (AvgIpc) is 2.90. The second-order valence-electron chi connectivity index (χ2n) is 4.98. The third-order valence-corrected chi connectivity index (χ3v) is 4.00. The predicted molar refractivity (Wildman–Crippen MR) is 90.1 cm³/mol. The number of benzene rings is 2. The Morgan fingerprint density at radius 1 is 1.18 bits per heavy atom. The molecule has 0 saturated heterocycles. The van der Waals surface area contributed by atoms with Gasteiger partial charge in [0.1, 0.15) is 5.82 Å². The topological polar surface area (TPSA) is 29.9 Å². The molecule has 112 valence electrons. The highest BCUT2D eigenvalue weighted by molar-refractivity contribution is 9.10. The van der Waals surface area contributed by atoms with Crippen molar-refractivity contribution in [3.8, 4) is 11.3 Å². The Labute approximate surface area is 136 Å². The number of hydrogen-bond donors (Lipinski definition) is 1. The zero-order valence-electron chi connectivity index (χ0n) is 12.1. The molecule has 3 nitrogen and oxygen atoms in total. The number of anilines is 1. The van der Waals surface area contributed by atoms with E-state index in [1.54, 1.807) is 12.1 Å².